The Labute approximate surface area is 106 Å². The molecule has 1 heteroatoms. The zero-order chi connectivity index (χ0) is 12.7. The molecule has 2 fully saturated rings. The summed E-state index contributed by atoms with van der Waals surface area (Å²) in [6.07, 6.45) is 7.92. The molecule has 0 N–H and O–H groups in total. The van der Waals surface area contributed by atoms with Gasteiger partial charge in [0.25, 0.3) is 0 Å². The summed E-state index contributed by atoms with van der Waals surface area (Å²) in [5.74, 6) is 1.32. The predicted octanol–water partition coefficient (Wildman–Crippen LogP) is 4.63. The highest BCUT2D eigenvalue weighted by molar-refractivity contribution is 5.28. The van der Waals surface area contributed by atoms with E-state index in [4.69, 9.17) is 0 Å². The first kappa shape index (κ1) is 12.9. The first-order chi connectivity index (χ1) is 7.93. The van der Waals surface area contributed by atoms with E-state index in [1.54, 1.807) is 0 Å². The molecule has 0 radical (unpaired) electrons. The molecule has 0 heterocycles. The van der Waals surface area contributed by atoms with Gasteiger partial charge in [0.1, 0.15) is 0 Å². The highest BCUT2D eigenvalue weighted by atomic mass is 14.9. The fourth-order valence-electron chi connectivity index (χ4n) is 4.71. The van der Waals surface area contributed by atoms with Gasteiger partial charge >= 0.3 is 0 Å². The van der Waals surface area contributed by atoms with E-state index in [0.29, 0.717) is 17.3 Å². The Morgan fingerprint density at radius 3 is 2.41 bits per heavy atom. The number of rotatable bonds is 2. The lowest BCUT2D eigenvalue weighted by atomic mass is 9.50. The zero-order valence-corrected chi connectivity index (χ0v) is 11.8. The van der Waals surface area contributed by atoms with Crippen LogP contribution in [-0.2, 0) is 0 Å². The SMILES string of the molecule is C=N[C@]1(C)CCC[C@]2(C)CCC[C@H](C(=C)C)[C@H]21. The molecule has 0 bridgehead atoms. The molecule has 0 unspecified atom stereocenters. The molecule has 0 spiro atoms. The van der Waals surface area contributed by atoms with E-state index in [2.05, 4.69) is 39.1 Å². The van der Waals surface area contributed by atoms with E-state index >= 15 is 0 Å². The standard InChI is InChI=1S/C16H27N/c1-12(2)13-8-6-9-15(3)10-7-11-16(4,17-5)14(13)15/h13-14H,1,5-11H2,2-4H3/t13-,14-,15+,16-/m1/s1. The topological polar surface area (TPSA) is 12.4 Å². The van der Waals surface area contributed by atoms with Crippen LogP contribution in [0.3, 0.4) is 0 Å². The molecule has 4 atom stereocenters. The Kier molecular flexibility index (Phi) is 3.22. The Morgan fingerprint density at radius 1 is 1.18 bits per heavy atom. The summed E-state index contributed by atoms with van der Waals surface area (Å²) < 4.78 is 0. The molecule has 2 saturated carbocycles. The van der Waals surface area contributed by atoms with E-state index in [-0.39, 0.29) is 5.54 Å². The van der Waals surface area contributed by atoms with Crippen LogP contribution in [-0.4, -0.2) is 12.3 Å². The molecular formula is C16H27N. The predicted molar refractivity (Wildman–Crippen MR) is 75.6 cm³/mol. The van der Waals surface area contributed by atoms with Gasteiger partial charge in [0.05, 0.1) is 5.54 Å². The van der Waals surface area contributed by atoms with Gasteiger partial charge in [-0.25, -0.2) is 0 Å². The van der Waals surface area contributed by atoms with Crippen LogP contribution in [0, 0.1) is 17.3 Å². The lowest BCUT2D eigenvalue weighted by Gasteiger charge is -2.56. The maximum absolute atomic E-state index is 4.55. The van der Waals surface area contributed by atoms with Crippen molar-refractivity contribution in [3.05, 3.63) is 12.2 Å². The number of aliphatic imine (C=N–C) groups is 1. The van der Waals surface area contributed by atoms with Crippen LogP contribution >= 0.6 is 0 Å². The Balaban J connectivity index is 2.40. The molecule has 0 aromatic heterocycles. The fraction of sp³-hybridized carbons (Fsp3) is 0.812. The Morgan fingerprint density at radius 2 is 1.82 bits per heavy atom. The number of allylic oxidation sites excluding steroid dienone is 1. The molecule has 2 aliphatic carbocycles. The zero-order valence-electron chi connectivity index (χ0n) is 11.8. The number of nitrogens with zero attached hydrogens (tertiary/aromatic N) is 1. The molecule has 17 heavy (non-hydrogen) atoms. The van der Waals surface area contributed by atoms with Gasteiger partial charge in [-0.3, -0.25) is 4.99 Å². The third-order valence-corrected chi connectivity index (χ3v) is 5.51. The number of fused-ring (bicyclic) bond motifs is 1. The van der Waals surface area contributed by atoms with Crippen molar-refractivity contribution in [3.8, 4) is 0 Å². The number of hydrogen-bond acceptors (Lipinski definition) is 1. The minimum atomic E-state index is 0.0804. The molecule has 1 nitrogen and oxygen atoms in total. The first-order valence-corrected chi connectivity index (χ1v) is 7.06. The average Bonchev–Trinajstić information content (AvgIpc) is 2.27. The second kappa shape index (κ2) is 4.26. The minimum Gasteiger partial charge on any atom is -0.294 e. The van der Waals surface area contributed by atoms with Crippen LogP contribution in [0.1, 0.15) is 59.3 Å². The van der Waals surface area contributed by atoms with E-state index in [9.17, 15) is 0 Å². The third-order valence-electron chi connectivity index (χ3n) is 5.51. The van der Waals surface area contributed by atoms with Crippen molar-refractivity contribution in [2.45, 2.75) is 64.8 Å². The van der Waals surface area contributed by atoms with Crippen molar-refractivity contribution in [2.24, 2.45) is 22.2 Å². The third kappa shape index (κ3) is 1.98. The largest absolute Gasteiger partial charge is 0.294 e. The summed E-state index contributed by atoms with van der Waals surface area (Å²) in [7, 11) is 0. The summed E-state index contributed by atoms with van der Waals surface area (Å²) >= 11 is 0. The van der Waals surface area contributed by atoms with Gasteiger partial charge in [-0.15, -0.1) is 0 Å². The highest BCUT2D eigenvalue weighted by Crippen LogP contribution is 2.58. The van der Waals surface area contributed by atoms with Crippen molar-refractivity contribution >= 4 is 6.72 Å². The van der Waals surface area contributed by atoms with Crippen LogP contribution < -0.4 is 0 Å². The van der Waals surface area contributed by atoms with Gasteiger partial charge in [-0.05, 0) is 63.5 Å². The quantitative estimate of drug-likeness (QED) is 0.487. The summed E-state index contributed by atoms with van der Waals surface area (Å²) in [5.41, 5.74) is 1.91. The molecule has 0 saturated heterocycles. The van der Waals surface area contributed by atoms with Gasteiger partial charge in [0.15, 0.2) is 0 Å². The Hall–Kier alpha value is -0.590. The molecule has 0 aliphatic heterocycles. The monoisotopic (exact) mass is 233 g/mol. The first-order valence-electron chi connectivity index (χ1n) is 7.06. The summed E-state index contributed by atoms with van der Waals surface area (Å²) in [6, 6.07) is 0. The van der Waals surface area contributed by atoms with Crippen LogP contribution in [0.25, 0.3) is 0 Å². The maximum atomic E-state index is 4.55. The van der Waals surface area contributed by atoms with Crippen molar-refractivity contribution in [3.63, 3.8) is 0 Å². The lowest BCUT2D eigenvalue weighted by molar-refractivity contribution is -0.0226. The van der Waals surface area contributed by atoms with E-state index in [1.807, 2.05) is 0 Å². The van der Waals surface area contributed by atoms with Crippen molar-refractivity contribution in [1.29, 1.82) is 0 Å². The van der Waals surface area contributed by atoms with Crippen LogP contribution in [0.15, 0.2) is 17.1 Å². The molecular weight excluding hydrogens is 206 g/mol. The summed E-state index contributed by atoms with van der Waals surface area (Å²) in [6.45, 7) is 15.1. The Bertz CT molecular complexity index is 328. The van der Waals surface area contributed by atoms with Gasteiger partial charge in [-0.2, -0.15) is 0 Å². The highest BCUT2D eigenvalue weighted by Gasteiger charge is 2.53. The van der Waals surface area contributed by atoms with E-state index in [1.165, 1.54) is 44.1 Å². The maximum Gasteiger partial charge on any atom is 0.0611 e. The van der Waals surface area contributed by atoms with E-state index in [0.717, 1.165) is 0 Å². The summed E-state index contributed by atoms with van der Waals surface area (Å²) in [5, 5.41) is 0. The lowest BCUT2D eigenvalue weighted by Crippen LogP contribution is -2.52. The van der Waals surface area contributed by atoms with Crippen molar-refractivity contribution in [1.82, 2.24) is 0 Å². The minimum absolute atomic E-state index is 0.0804. The molecule has 0 amide bonds. The molecule has 96 valence electrons. The second-order valence-corrected chi connectivity index (χ2v) is 6.85. The second-order valence-electron chi connectivity index (χ2n) is 6.85. The smallest absolute Gasteiger partial charge is 0.0611 e. The van der Waals surface area contributed by atoms with Crippen molar-refractivity contribution < 1.29 is 0 Å². The molecule has 2 rings (SSSR count). The van der Waals surface area contributed by atoms with Gasteiger partial charge in [0.2, 0.25) is 0 Å². The van der Waals surface area contributed by atoms with Gasteiger partial charge in [-0.1, -0.05) is 31.9 Å². The molecule has 2 aliphatic rings. The molecule has 0 aromatic rings. The van der Waals surface area contributed by atoms with Crippen molar-refractivity contribution in [2.75, 3.05) is 0 Å². The number of hydrogen-bond donors (Lipinski definition) is 0. The fourth-order valence-corrected chi connectivity index (χ4v) is 4.71. The van der Waals surface area contributed by atoms with Crippen LogP contribution in [0.5, 0.6) is 0 Å². The average molecular weight is 233 g/mol. The normalized spacial score (nSPS) is 46.1. The van der Waals surface area contributed by atoms with Crippen LogP contribution in [0.4, 0.5) is 0 Å². The van der Waals surface area contributed by atoms with Crippen LogP contribution in [0.2, 0.25) is 0 Å². The van der Waals surface area contributed by atoms with E-state index < -0.39 is 0 Å². The van der Waals surface area contributed by atoms with Gasteiger partial charge in [0, 0.05) is 0 Å². The van der Waals surface area contributed by atoms with Gasteiger partial charge < -0.3 is 0 Å². The summed E-state index contributed by atoms with van der Waals surface area (Å²) in [4.78, 5) is 4.55. The molecule has 0 aromatic carbocycles.